The number of aryl methyl sites for hydroxylation is 1. The minimum absolute atomic E-state index is 0.0133. The first-order chi connectivity index (χ1) is 10.4. The van der Waals surface area contributed by atoms with Crippen molar-refractivity contribution in [2.45, 2.75) is 30.3 Å². The van der Waals surface area contributed by atoms with E-state index in [1.807, 2.05) is 18.9 Å². The van der Waals surface area contributed by atoms with Gasteiger partial charge in [0.25, 0.3) is 0 Å². The molecule has 1 aromatic carbocycles. The van der Waals surface area contributed by atoms with Crippen molar-refractivity contribution < 1.29 is 13.5 Å². The molecule has 1 fully saturated rings. The Morgan fingerprint density at radius 2 is 2.27 bits per heavy atom. The quantitative estimate of drug-likeness (QED) is 0.865. The van der Waals surface area contributed by atoms with Crippen molar-refractivity contribution in [3.63, 3.8) is 0 Å². The number of rotatable bonds is 4. The molecule has 2 N–H and O–H groups in total. The topological polar surface area (TPSA) is 82.5 Å². The average Bonchev–Trinajstić information content (AvgIpc) is 2.98. The number of aliphatic hydroxyl groups is 1. The van der Waals surface area contributed by atoms with Crippen molar-refractivity contribution in [2.75, 3.05) is 20.2 Å². The zero-order chi connectivity index (χ0) is 15.9. The van der Waals surface area contributed by atoms with E-state index in [0.717, 1.165) is 15.2 Å². The molecule has 1 aliphatic rings. The number of hydrogen-bond acceptors (Lipinski definition) is 6. The molecular formula is C14H19N3O3S2. The fourth-order valence-electron chi connectivity index (χ4n) is 2.85. The van der Waals surface area contributed by atoms with Gasteiger partial charge in [-0.1, -0.05) is 0 Å². The molecule has 2 aromatic rings. The summed E-state index contributed by atoms with van der Waals surface area (Å²) in [6.45, 7) is 2.55. The third-order valence-electron chi connectivity index (χ3n) is 4.00. The van der Waals surface area contributed by atoms with Gasteiger partial charge >= 0.3 is 0 Å². The summed E-state index contributed by atoms with van der Waals surface area (Å²) in [5, 5.41) is 10.2. The number of benzene rings is 1. The van der Waals surface area contributed by atoms with Gasteiger partial charge in [-0.2, -0.15) is 0 Å². The lowest BCUT2D eigenvalue weighted by Gasteiger charge is -2.15. The van der Waals surface area contributed by atoms with Gasteiger partial charge in [-0.3, -0.25) is 4.90 Å². The van der Waals surface area contributed by atoms with Gasteiger partial charge in [0.2, 0.25) is 10.0 Å². The number of aliphatic hydroxyl groups excluding tert-OH is 1. The van der Waals surface area contributed by atoms with Gasteiger partial charge in [-0.15, -0.1) is 11.3 Å². The zero-order valence-electron chi connectivity index (χ0n) is 12.5. The molecule has 22 heavy (non-hydrogen) atoms. The van der Waals surface area contributed by atoms with Gasteiger partial charge in [0.05, 0.1) is 26.7 Å². The van der Waals surface area contributed by atoms with E-state index in [2.05, 4.69) is 9.71 Å². The lowest BCUT2D eigenvalue weighted by molar-refractivity contribution is 0.182. The van der Waals surface area contributed by atoms with Crippen LogP contribution < -0.4 is 4.72 Å². The summed E-state index contributed by atoms with van der Waals surface area (Å²) < 4.78 is 28.7. The van der Waals surface area contributed by atoms with Crippen molar-refractivity contribution in [1.82, 2.24) is 14.6 Å². The van der Waals surface area contributed by atoms with E-state index in [0.29, 0.717) is 13.0 Å². The largest absolute Gasteiger partial charge is 0.395 e. The number of sulfonamides is 1. The van der Waals surface area contributed by atoms with Crippen LogP contribution in [-0.4, -0.2) is 55.7 Å². The molecular weight excluding hydrogens is 322 g/mol. The van der Waals surface area contributed by atoms with Gasteiger partial charge < -0.3 is 5.11 Å². The number of aromatic nitrogens is 1. The molecule has 8 heteroatoms. The monoisotopic (exact) mass is 341 g/mol. The van der Waals surface area contributed by atoms with Crippen molar-refractivity contribution in [3.8, 4) is 0 Å². The number of likely N-dealkylation sites (N-methyl/N-ethyl adjacent to an activating group) is 1. The van der Waals surface area contributed by atoms with Crippen LogP contribution in [0.25, 0.3) is 10.2 Å². The van der Waals surface area contributed by atoms with E-state index in [1.54, 1.807) is 18.2 Å². The number of thiazole rings is 1. The second-order valence-electron chi connectivity index (χ2n) is 5.69. The predicted molar refractivity (Wildman–Crippen MR) is 86.6 cm³/mol. The number of nitrogens with zero attached hydrogens (tertiary/aromatic N) is 2. The maximum absolute atomic E-state index is 12.5. The second-order valence-corrected chi connectivity index (χ2v) is 8.64. The molecule has 1 saturated heterocycles. The lowest BCUT2D eigenvalue weighted by atomic mass is 10.2. The third kappa shape index (κ3) is 3.02. The Bertz CT molecular complexity index is 788. The molecule has 0 spiro atoms. The van der Waals surface area contributed by atoms with Crippen LogP contribution in [0.2, 0.25) is 0 Å². The molecule has 0 aliphatic carbocycles. The Kier molecular flexibility index (Phi) is 4.21. The van der Waals surface area contributed by atoms with Crippen molar-refractivity contribution in [1.29, 1.82) is 0 Å². The molecule has 1 aromatic heterocycles. The van der Waals surface area contributed by atoms with Crippen LogP contribution in [0.15, 0.2) is 23.1 Å². The standard InChI is InChI=1S/C14H19N3O3S2/c1-9-15-13-4-3-12(6-14(13)21-9)22(19,20)16-10-5-11(8-18)17(2)7-10/h3-4,6,10-11,16,18H,5,7-8H2,1-2H3/t10-,11+/m1/s1. The van der Waals surface area contributed by atoms with Gasteiger partial charge in [-0.25, -0.2) is 18.1 Å². The van der Waals surface area contributed by atoms with Crippen molar-refractivity contribution in [3.05, 3.63) is 23.2 Å². The van der Waals surface area contributed by atoms with Crippen LogP contribution in [0.5, 0.6) is 0 Å². The summed E-state index contributed by atoms with van der Waals surface area (Å²) in [5.41, 5.74) is 0.822. The molecule has 120 valence electrons. The van der Waals surface area contributed by atoms with E-state index >= 15 is 0 Å². The smallest absolute Gasteiger partial charge is 0.240 e. The SMILES string of the molecule is Cc1nc2ccc(S(=O)(=O)N[C@@H]3C[C@@H](CO)N(C)C3)cc2s1. The predicted octanol–water partition coefficient (Wildman–Crippen LogP) is 0.948. The number of fused-ring (bicyclic) bond motifs is 1. The van der Waals surface area contributed by atoms with Crippen LogP contribution >= 0.6 is 11.3 Å². The van der Waals surface area contributed by atoms with Crippen LogP contribution in [-0.2, 0) is 10.0 Å². The van der Waals surface area contributed by atoms with Gasteiger partial charge in [-0.05, 0) is 38.6 Å². The Labute approximate surface area is 133 Å². The number of nitrogens with one attached hydrogen (secondary N) is 1. The van der Waals surface area contributed by atoms with Gasteiger partial charge in [0.1, 0.15) is 0 Å². The first-order valence-electron chi connectivity index (χ1n) is 7.09. The minimum atomic E-state index is -3.56. The highest BCUT2D eigenvalue weighted by Crippen LogP contribution is 2.25. The fourth-order valence-corrected chi connectivity index (χ4v) is 5.06. The summed E-state index contributed by atoms with van der Waals surface area (Å²) in [6.07, 6.45) is 0.619. The van der Waals surface area contributed by atoms with E-state index in [4.69, 9.17) is 0 Å². The Hall–Kier alpha value is -1.06. The molecule has 3 rings (SSSR count). The molecule has 0 unspecified atom stereocenters. The summed E-state index contributed by atoms with van der Waals surface area (Å²) in [7, 11) is -1.67. The minimum Gasteiger partial charge on any atom is -0.395 e. The fraction of sp³-hybridized carbons (Fsp3) is 0.500. The molecule has 0 saturated carbocycles. The molecule has 2 heterocycles. The lowest BCUT2D eigenvalue weighted by Crippen LogP contribution is -2.36. The normalized spacial score (nSPS) is 23.4. The first kappa shape index (κ1) is 15.8. The molecule has 2 atom stereocenters. The Morgan fingerprint density at radius 3 is 2.95 bits per heavy atom. The first-order valence-corrected chi connectivity index (χ1v) is 9.39. The van der Waals surface area contributed by atoms with Crippen LogP contribution in [0.1, 0.15) is 11.4 Å². The molecule has 0 radical (unpaired) electrons. The van der Waals surface area contributed by atoms with Crippen molar-refractivity contribution >= 4 is 31.6 Å². The summed E-state index contributed by atoms with van der Waals surface area (Å²) in [4.78, 5) is 6.58. The van der Waals surface area contributed by atoms with Crippen LogP contribution in [0, 0.1) is 6.92 Å². The summed E-state index contributed by atoms with van der Waals surface area (Å²) >= 11 is 1.48. The van der Waals surface area contributed by atoms with Crippen molar-refractivity contribution in [2.24, 2.45) is 0 Å². The van der Waals surface area contributed by atoms with E-state index in [9.17, 15) is 13.5 Å². The highest BCUT2D eigenvalue weighted by molar-refractivity contribution is 7.89. The maximum atomic E-state index is 12.5. The molecule has 0 amide bonds. The van der Waals surface area contributed by atoms with Gasteiger partial charge in [0, 0.05) is 18.6 Å². The van der Waals surface area contributed by atoms with E-state index in [1.165, 1.54) is 11.3 Å². The summed E-state index contributed by atoms with van der Waals surface area (Å²) in [5.74, 6) is 0. The van der Waals surface area contributed by atoms with Crippen LogP contribution in [0.4, 0.5) is 0 Å². The van der Waals surface area contributed by atoms with Crippen LogP contribution in [0.3, 0.4) is 0 Å². The zero-order valence-corrected chi connectivity index (χ0v) is 14.1. The number of likely N-dealkylation sites (tertiary alicyclic amines) is 1. The van der Waals surface area contributed by atoms with E-state index < -0.39 is 10.0 Å². The maximum Gasteiger partial charge on any atom is 0.240 e. The Morgan fingerprint density at radius 1 is 1.50 bits per heavy atom. The average molecular weight is 341 g/mol. The Balaban J connectivity index is 1.82. The van der Waals surface area contributed by atoms with Gasteiger partial charge in [0.15, 0.2) is 0 Å². The van der Waals surface area contributed by atoms with E-state index in [-0.39, 0.29) is 23.6 Å². The highest BCUT2D eigenvalue weighted by atomic mass is 32.2. The second kappa shape index (κ2) is 5.86. The molecule has 6 nitrogen and oxygen atoms in total. The molecule has 0 bridgehead atoms. The summed E-state index contributed by atoms with van der Waals surface area (Å²) in [6, 6.07) is 4.84. The third-order valence-corrected chi connectivity index (χ3v) is 6.45. The highest BCUT2D eigenvalue weighted by Gasteiger charge is 2.32. The molecule has 1 aliphatic heterocycles. The number of hydrogen-bond donors (Lipinski definition) is 2.